The van der Waals surface area contributed by atoms with Gasteiger partial charge in [0.1, 0.15) is 17.5 Å². The van der Waals surface area contributed by atoms with Crippen LogP contribution in [-0.2, 0) is 25.7 Å². The molecule has 3 amide bonds. The van der Waals surface area contributed by atoms with E-state index in [4.69, 9.17) is 4.74 Å². The summed E-state index contributed by atoms with van der Waals surface area (Å²) in [6.07, 6.45) is 7.96. The van der Waals surface area contributed by atoms with E-state index in [1.807, 2.05) is 32.0 Å². The normalized spacial score (nSPS) is 29.5. The van der Waals surface area contributed by atoms with Crippen LogP contribution in [0.5, 0.6) is 0 Å². The molecule has 2 N–H and O–H groups in total. The molecule has 0 radical (unpaired) electrons. The number of likely N-dealkylation sites (tertiary alicyclic amines) is 1. The molecule has 8 heteroatoms. The lowest BCUT2D eigenvalue weighted by Gasteiger charge is -2.34. The van der Waals surface area contributed by atoms with Gasteiger partial charge in [-0.1, -0.05) is 55.7 Å². The Kier molecular flexibility index (Phi) is 6.53. The quantitative estimate of drug-likeness (QED) is 0.548. The first kappa shape index (κ1) is 25.7. The summed E-state index contributed by atoms with van der Waals surface area (Å²) in [5.41, 5.74) is 1.71. The topological polar surface area (TPSA) is 87.7 Å². The van der Waals surface area contributed by atoms with Crippen molar-refractivity contribution in [1.82, 2.24) is 10.2 Å². The van der Waals surface area contributed by atoms with Gasteiger partial charge < -0.3 is 20.3 Å². The predicted octanol–water partition coefficient (Wildman–Crippen LogP) is 4.18. The average molecular weight is 532 g/mol. The number of anilines is 1. The molecule has 1 saturated carbocycles. The Morgan fingerprint density at radius 2 is 1.77 bits per heavy atom. The fraction of sp³-hybridized carbons (Fsp3) is 0.452. The summed E-state index contributed by atoms with van der Waals surface area (Å²) in [6, 6.07) is 11.1. The van der Waals surface area contributed by atoms with Gasteiger partial charge in [0.2, 0.25) is 17.7 Å². The SMILES string of the molecule is Cc1cc(C)cc(NC(=O)C2C3C=CC4(O3)C2C(=O)N(Cc2ccccc2F)C4C(=O)NC2CCCCC2)c1. The van der Waals surface area contributed by atoms with Crippen LogP contribution in [0.25, 0.3) is 0 Å². The number of nitrogens with one attached hydrogen (secondary N) is 2. The van der Waals surface area contributed by atoms with Crippen LogP contribution in [0.4, 0.5) is 10.1 Å². The van der Waals surface area contributed by atoms with Crippen LogP contribution in [0.2, 0.25) is 0 Å². The number of carbonyl (C=O) groups excluding carboxylic acids is 3. The molecule has 4 aliphatic rings. The monoisotopic (exact) mass is 531 g/mol. The van der Waals surface area contributed by atoms with E-state index in [0.29, 0.717) is 11.3 Å². The number of rotatable bonds is 6. The Bertz CT molecular complexity index is 1330. The second kappa shape index (κ2) is 9.90. The van der Waals surface area contributed by atoms with E-state index in [2.05, 4.69) is 10.6 Å². The van der Waals surface area contributed by atoms with Gasteiger partial charge in [0.25, 0.3) is 0 Å². The van der Waals surface area contributed by atoms with Gasteiger partial charge in [-0.3, -0.25) is 14.4 Å². The van der Waals surface area contributed by atoms with Crippen molar-refractivity contribution >= 4 is 23.4 Å². The molecule has 5 atom stereocenters. The second-order valence-corrected chi connectivity index (χ2v) is 11.5. The summed E-state index contributed by atoms with van der Waals surface area (Å²) in [6.45, 7) is 3.83. The van der Waals surface area contributed by atoms with Crippen molar-refractivity contribution in [1.29, 1.82) is 0 Å². The van der Waals surface area contributed by atoms with Crippen LogP contribution in [-0.4, -0.2) is 46.4 Å². The van der Waals surface area contributed by atoms with E-state index < -0.39 is 35.4 Å². The third-order valence-corrected chi connectivity index (χ3v) is 8.66. The summed E-state index contributed by atoms with van der Waals surface area (Å²) in [4.78, 5) is 43.1. The highest BCUT2D eigenvalue weighted by Crippen LogP contribution is 2.55. The molecule has 3 aliphatic heterocycles. The Labute approximate surface area is 227 Å². The largest absolute Gasteiger partial charge is 0.359 e. The molecule has 1 aliphatic carbocycles. The van der Waals surface area contributed by atoms with Gasteiger partial charge in [0, 0.05) is 23.8 Å². The minimum absolute atomic E-state index is 0.0263. The number of halogens is 1. The lowest BCUT2D eigenvalue weighted by atomic mass is 9.74. The molecule has 2 bridgehead atoms. The van der Waals surface area contributed by atoms with Gasteiger partial charge in [0.05, 0.1) is 17.9 Å². The first-order valence-electron chi connectivity index (χ1n) is 13.9. The number of amides is 3. The first-order chi connectivity index (χ1) is 18.8. The van der Waals surface area contributed by atoms with Crippen molar-refractivity contribution in [3.63, 3.8) is 0 Å². The number of ether oxygens (including phenoxy) is 1. The van der Waals surface area contributed by atoms with Crippen LogP contribution < -0.4 is 10.6 Å². The highest BCUT2D eigenvalue weighted by atomic mass is 19.1. The van der Waals surface area contributed by atoms with Crippen molar-refractivity contribution in [2.75, 3.05) is 5.32 Å². The van der Waals surface area contributed by atoms with Gasteiger partial charge in [-0.25, -0.2) is 4.39 Å². The maximum absolute atomic E-state index is 14.7. The fourth-order valence-electron chi connectivity index (χ4n) is 7.05. The van der Waals surface area contributed by atoms with E-state index in [1.165, 1.54) is 11.0 Å². The molecule has 39 heavy (non-hydrogen) atoms. The molecule has 3 heterocycles. The van der Waals surface area contributed by atoms with Gasteiger partial charge >= 0.3 is 0 Å². The minimum atomic E-state index is -1.28. The Morgan fingerprint density at radius 1 is 1.05 bits per heavy atom. The average Bonchev–Trinajstić information content (AvgIpc) is 3.53. The zero-order valence-corrected chi connectivity index (χ0v) is 22.3. The Morgan fingerprint density at radius 3 is 2.49 bits per heavy atom. The molecule has 2 aromatic carbocycles. The molecule has 1 spiro atoms. The zero-order valence-electron chi connectivity index (χ0n) is 22.3. The van der Waals surface area contributed by atoms with Crippen LogP contribution in [0.1, 0.15) is 48.8 Å². The number of benzene rings is 2. The maximum atomic E-state index is 14.7. The maximum Gasteiger partial charge on any atom is 0.246 e. The van der Waals surface area contributed by atoms with E-state index in [9.17, 15) is 18.8 Å². The third kappa shape index (κ3) is 4.44. The lowest BCUT2D eigenvalue weighted by molar-refractivity contribution is -0.142. The van der Waals surface area contributed by atoms with E-state index in [1.54, 1.807) is 30.4 Å². The molecular formula is C31H34FN3O4. The van der Waals surface area contributed by atoms with Crippen molar-refractivity contribution in [2.45, 2.75) is 76.3 Å². The molecule has 5 unspecified atom stereocenters. The number of aryl methyl sites for hydroxylation is 2. The van der Waals surface area contributed by atoms with Crippen LogP contribution in [0.15, 0.2) is 54.6 Å². The summed E-state index contributed by atoms with van der Waals surface area (Å²) in [5.74, 6) is -3.14. The van der Waals surface area contributed by atoms with Crippen molar-refractivity contribution < 1.29 is 23.5 Å². The molecule has 7 nitrogen and oxygen atoms in total. The van der Waals surface area contributed by atoms with Gasteiger partial charge in [-0.05, 0) is 56.0 Å². The van der Waals surface area contributed by atoms with E-state index in [0.717, 1.165) is 43.2 Å². The van der Waals surface area contributed by atoms with Gasteiger partial charge in [-0.15, -0.1) is 0 Å². The lowest BCUT2D eigenvalue weighted by Crippen LogP contribution is -2.56. The smallest absolute Gasteiger partial charge is 0.246 e. The summed E-state index contributed by atoms with van der Waals surface area (Å²) in [5, 5.41) is 6.14. The Balaban J connectivity index is 1.34. The van der Waals surface area contributed by atoms with Crippen molar-refractivity contribution in [2.24, 2.45) is 11.8 Å². The number of hydrogen-bond acceptors (Lipinski definition) is 4. The molecule has 204 valence electrons. The molecule has 3 fully saturated rings. The second-order valence-electron chi connectivity index (χ2n) is 11.5. The molecular weight excluding hydrogens is 497 g/mol. The summed E-state index contributed by atoms with van der Waals surface area (Å²) < 4.78 is 21.1. The molecule has 2 aromatic rings. The fourth-order valence-corrected chi connectivity index (χ4v) is 7.05. The third-order valence-electron chi connectivity index (χ3n) is 8.66. The number of carbonyl (C=O) groups is 3. The highest BCUT2D eigenvalue weighted by molar-refractivity contribution is 6.02. The summed E-state index contributed by atoms with van der Waals surface area (Å²) >= 11 is 0. The summed E-state index contributed by atoms with van der Waals surface area (Å²) in [7, 11) is 0. The molecule has 2 saturated heterocycles. The van der Waals surface area contributed by atoms with Gasteiger partial charge in [0.15, 0.2) is 0 Å². The zero-order chi connectivity index (χ0) is 27.3. The predicted molar refractivity (Wildman–Crippen MR) is 144 cm³/mol. The Hall–Kier alpha value is -3.52. The first-order valence-corrected chi connectivity index (χ1v) is 13.9. The number of nitrogens with zero attached hydrogens (tertiary/aromatic N) is 1. The van der Waals surface area contributed by atoms with Crippen LogP contribution in [0.3, 0.4) is 0 Å². The van der Waals surface area contributed by atoms with Crippen molar-refractivity contribution in [3.8, 4) is 0 Å². The molecule has 0 aromatic heterocycles. The number of hydrogen-bond donors (Lipinski definition) is 2. The van der Waals surface area contributed by atoms with Gasteiger partial charge in [-0.2, -0.15) is 0 Å². The standard InChI is InChI=1S/C31H34FN3O4/c1-18-14-19(2)16-22(15-18)34-28(36)25-24-12-13-31(39-24)26(25)30(38)35(17-20-8-6-7-11-23(20)32)27(31)29(37)33-21-9-4-3-5-10-21/h6-8,11-16,21,24-27H,3-5,9-10,17H2,1-2H3,(H,33,37)(H,34,36). The highest BCUT2D eigenvalue weighted by Gasteiger charge is 2.72. The van der Waals surface area contributed by atoms with Crippen LogP contribution >= 0.6 is 0 Å². The van der Waals surface area contributed by atoms with E-state index in [-0.39, 0.29) is 30.3 Å². The number of fused-ring (bicyclic) bond motifs is 1. The minimum Gasteiger partial charge on any atom is -0.359 e. The van der Waals surface area contributed by atoms with E-state index >= 15 is 0 Å². The van der Waals surface area contributed by atoms with Crippen LogP contribution in [0, 0.1) is 31.5 Å². The van der Waals surface area contributed by atoms with Crippen molar-refractivity contribution in [3.05, 3.63) is 77.1 Å². The molecule has 6 rings (SSSR count).